The van der Waals surface area contributed by atoms with Crippen LogP contribution < -0.4 is 10.1 Å². The quantitative estimate of drug-likeness (QED) is 0.405. The number of fused-ring (bicyclic) bond motifs is 1. The molecule has 1 saturated carbocycles. The normalized spacial score (nSPS) is 15.2. The molecular formula is C30H37N3O5S. The number of hydrogen-bond donors (Lipinski definition) is 1. The first-order chi connectivity index (χ1) is 18.7. The van der Waals surface area contributed by atoms with Crippen molar-refractivity contribution in [1.29, 1.82) is 0 Å². The number of carbonyl (C=O) groups excluding carboxylic acids is 2. The first-order valence-corrected chi connectivity index (χ1v) is 14.8. The van der Waals surface area contributed by atoms with E-state index >= 15 is 0 Å². The molecule has 0 radical (unpaired) electrons. The van der Waals surface area contributed by atoms with Gasteiger partial charge in [0, 0.05) is 19.6 Å². The predicted molar refractivity (Wildman–Crippen MR) is 152 cm³/mol. The molecule has 1 N–H and O–H groups in total. The molecule has 9 heteroatoms. The third-order valence-electron chi connectivity index (χ3n) is 7.39. The summed E-state index contributed by atoms with van der Waals surface area (Å²) in [6.07, 6.45) is 5.16. The van der Waals surface area contributed by atoms with E-state index in [1.807, 2.05) is 42.5 Å². The van der Waals surface area contributed by atoms with Crippen molar-refractivity contribution in [3.8, 4) is 5.75 Å². The standard InChI is InChI=1S/C30H37N3O5S/c1-22(30(35)31-26-13-5-4-6-14-26)33(20-23-10-9-15-27(18-23)38-3)29(34)21-32(2)39(36,37)28-17-16-24-11-7-8-12-25(24)19-28/h7-12,15-19,22,26H,4-6,13-14,20-21H2,1-3H3,(H,31,35). The van der Waals surface area contributed by atoms with Crippen molar-refractivity contribution in [1.82, 2.24) is 14.5 Å². The summed E-state index contributed by atoms with van der Waals surface area (Å²) in [6.45, 7) is 1.42. The molecule has 0 saturated heterocycles. The summed E-state index contributed by atoms with van der Waals surface area (Å²) in [7, 11) is -0.994. The minimum Gasteiger partial charge on any atom is -0.497 e. The molecule has 1 aliphatic rings. The summed E-state index contributed by atoms with van der Waals surface area (Å²) in [4.78, 5) is 28.4. The van der Waals surface area contributed by atoms with E-state index in [-0.39, 0.29) is 23.4 Å². The number of sulfonamides is 1. The Bertz CT molecular complexity index is 1420. The monoisotopic (exact) mass is 551 g/mol. The number of amides is 2. The second-order valence-corrected chi connectivity index (χ2v) is 12.2. The zero-order chi connectivity index (χ0) is 28.0. The van der Waals surface area contributed by atoms with Crippen LogP contribution in [-0.2, 0) is 26.2 Å². The highest BCUT2D eigenvalue weighted by Crippen LogP contribution is 2.23. The van der Waals surface area contributed by atoms with Gasteiger partial charge >= 0.3 is 0 Å². The maximum atomic E-state index is 13.6. The van der Waals surface area contributed by atoms with Crippen molar-refractivity contribution < 1.29 is 22.7 Å². The molecule has 39 heavy (non-hydrogen) atoms. The molecule has 0 heterocycles. The molecule has 2 amide bonds. The van der Waals surface area contributed by atoms with Crippen LogP contribution >= 0.6 is 0 Å². The third kappa shape index (κ3) is 6.96. The smallest absolute Gasteiger partial charge is 0.243 e. The first-order valence-electron chi connectivity index (χ1n) is 13.4. The molecule has 1 aliphatic carbocycles. The van der Waals surface area contributed by atoms with Gasteiger partial charge in [-0.15, -0.1) is 0 Å². The topological polar surface area (TPSA) is 96.0 Å². The Kier molecular flexibility index (Phi) is 9.24. The molecule has 208 valence electrons. The predicted octanol–water partition coefficient (Wildman–Crippen LogP) is 4.34. The van der Waals surface area contributed by atoms with E-state index in [2.05, 4.69) is 5.32 Å². The number of nitrogens with zero attached hydrogens (tertiary/aromatic N) is 2. The van der Waals surface area contributed by atoms with Crippen molar-refractivity contribution in [2.45, 2.75) is 62.6 Å². The van der Waals surface area contributed by atoms with E-state index in [1.165, 1.54) is 18.4 Å². The highest BCUT2D eigenvalue weighted by atomic mass is 32.2. The second kappa shape index (κ2) is 12.6. The number of methoxy groups -OCH3 is 1. The SMILES string of the molecule is COc1cccc(CN(C(=O)CN(C)S(=O)(=O)c2ccc3ccccc3c2)C(C)C(=O)NC2CCCCC2)c1. The lowest BCUT2D eigenvalue weighted by atomic mass is 9.95. The zero-order valence-corrected chi connectivity index (χ0v) is 23.6. The number of carbonyl (C=O) groups is 2. The van der Waals surface area contributed by atoms with Crippen LogP contribution in [0.2, 0.25) is 0 Å². The van der Waals surface area contributed by atoms with Gasteiger partial charge < -0.3 is 15.0 Å². The highest BCUT2D eigenvalue weighted by molar-refractivity contribution is 7.89. The fourth-order valence-corrected chi connectivity index (χ4v) is 6.15. The van der Waals surface area contributed by atoms with Crippen LogP contribution in [0.15, 0.2) is 71.6 Å². The first kappa shape index (κ1) is 28.6. The Labute approximate surface area is 231 Å². The largest absolute Gasteiger partial charge is 0.497 e. The van der Waals surface area contributed by atoms with Gasteiger partial charge in [0.15, 0.2) is 0 Å². The number of nitrogens with one attached hydrogen (secondary N) is 1. The molecule has 0 bridgehead atoms. The average Bonchev–Trinajstić information content (AvgIpc) is 2.95. The lowest BCUT2D eigenvalue weighted by molar-refractivity contribution is -0.141. The lowest BCUT2D eigenvalue weighted by Gasteiger charge is -2.32. The van der Waals surface area contributed by atoms with E-state index in [1.54, 1.807) is 38.3 Å². The molecule has 4 rings (SSSR count). The van der Waals surface area contributed by atoms with Crippen LogP contribution in [-0.4, -0.2) is 62.2 Å². The van der Waals surface area contributed by atoms with Crippen LogP contribution in [0.1, 0.15) is 44.6 Å². The van der Waals surface area contributed by atoms with E-state index in [4.69, 9.17) is 4.74 Å². The van der Waals surface area contributed by atoms with Crippen LogP contribution in [0.25, 0.3) is 10.8 Å². The van der Waals surface area contributed by atoms with Gasteiger partial charge in [-0.05, 0) is 60.4 Å². The Hall–Kier alpha value is -3.43. The van der Waals surface area contributed by atoms with E-state index in [9.17, 15) is 18.0 Å². The number of rotatable bonds is 10. The minimum atomic E-state index is -3.95. The van der Waals surface area contributed by atoms with Crippen molar-refractivity contribution in [2.75, 3.05) is 20.7 Å². The number of benzene rings is 3. The summed E-state index contributed by atoms with van der Waals surface area (Å²) < 4.78 is 33.2. The van der Waals surface area contributed by atoms with Gasteiger partial charge in [-0.25, -0.2) is 8.42 Å². The molecule has 0 aromatic heterocycles. The van der Waals surface area contributed by atoms with Gasteiger partial charge in [-0.2, -0.15) is 4.31 Å². The molecular weight excluding hydrogens is 514 g/mol. The summed E-state index contributed by atoms with van der Waals surface area (Å²) in [5.41, 5.74) is 0.778. The molecule has 3 aromatic rings. The fourth-order valence-electron chi connectivity index (χ4n) is 4.99. The van der Waals surface area contributed by atoms with E-state index in [0.29, 0.717) is 5.75 Å². The molecule has 1 atom stereocenters. The van der Waals surface area contributed by atoms with Gasteiger partial charge in [0.1, 0.15) is 11.8 Å². The molecule has 0 aliphatic heterocycles. The molecule has 0 spiro atoms. The summed E-state index contributed by atoms with van der Waals surface area (Å²) in [5.74, 6) is -0.0654. The molecule has 1 fully saturated rings. The summed E-state index contributed by atoms with van der Waals surface area (Å²) in [5, 5.41) is 4.82. The van der Waals surface area contributed by atoms with Crippen molar-refractivity contribution in [3.63, 3.8) is 0 Å². The summed E-state index contributed by atoms with van der Waals surface area (Å²) >= 11 is 0. The Morgan fingerprint density at radius 3 is 2.41 bits per heavy atom. The van der Waals surface area contributed by atoms with Crippen molar-refractivity contribution in [2.24, 2.45) is 0 Å². The van der Waals surface area contributed by atoms with Gasteiger partial charge in [0.2, 0.25) is 21.8 Å². The minimum absolute atomic E-state index is 0.0958. The van der Waals surface area contributed by atoms with Crippen molar-refractivity contribution >= 4 is 32.6 Å². The molecule has 8 nitrogen and oxygen atoms in total. The second-order valence-electron chi connectivity index (χ2n) is 10.2. The van der Waals surface area contributed by atoms with Crippen LogP contribution in [0.4, 0.5) is 0 Å². The summed E-state index contributed by atoms with van der Waals surface area (Å²) in [6, 6.07) is 19.0. The Morgan fingerprint density at radius 2 is 1.69 bits per heavy atom. The zero-order valence-electron chi connectivity index (χ0n) is 22.8. The molecule has 1 unspecified atom stereocenters. The van der Waals surface area contributed by atoms with Gasteiger partial charge in [0.25, 0.3) is 0 Å². The van der Waals surface area contributed by atoms with Gasteiger partial charge in [0.05, 0.1) is 18.6 Å². The average molecular weight is 552 g/mol. The van der Waals surface area contributed by atoms with Crippen LogP contribution in [0, 0.1) is 0 Å². The van der Waals surface area contributed by atoms with E-state index < -0.39 is 28.5 Å². The maximum Gasteiger partial charge on any atom is 0.243 e. The molecule has 3 aromatic carbocycles. The highest BCUT2D eigenvalue weighted by Gasteiger charge is 2.31. The van der Waals surface area contributed by atoms with Crippen molar-refractivity contribution in [3.05, 3.63) is 72.3 Å². The number of ether oxygens (including phenoxy) is 1. The van der Waals surface area contributed by atoms with Gasteiger partial charge in [-0.3, -0.25) is 9.59 Å². The van der Waals surface area contributed by atoms with Crippen LogP contribution in [0.5, 0.6) is 5.75 Å². The lowest BCUT2D eigenvalue weighted by Crippen LogP contribution is -2.52. The number of likely N-dealkylation sites (N-methyl/N-ethyl adjacent to an activating group) is 1. The van der Waals surface area contributed by atoms with E-state index in [0.717, 1.165) is 46.3 Å². The Morgan fingerprint density at radius 1 is 0.974 bits per heavy atom. The number of hydrogen-bond acceptors (Lipinski definition) is 5. The Balaban J connectivity index is 1.55. The third-order valence-corrected chi connectivity index (χ3v) is 9.19. The van der Waals surface area contributed by atoms with Gasteiger partial charge in [-0.1, -0.05) is 61.7 Å². The fraction of sp³-hybridized carbons (Fsp3) is 0.400. The maximum absolute atomic E-state index is 13.6. The van der Waals surface area contributed by atoms with Crippen LogP contribution in [0.3, 0.4) is 0 Å².